The van der Waals surface area contributed by atoms with Gasteiger partial charge in [-0.3, -0.25) is 0 Å². The van der Waals surface area contributed by atoms with Crippen LogP contribution in [0, 0.1) is 0 Å². The molecule has 0 amide bonds. The lowest BCUT2D eigenvalue weighted by Gasteiger charge is -2.06. The molecule has 1 N–H and O–H groups in total. The number of nitrogens with zero attached hydrogens (tertiary/aromatic N) is 1. The van der Waals surface area contributed by atoms with Crippen LogP contribution in [-0.4, -0.2) is 38.1 Å². The minimum atomic E-state index is -1.08. The number of hydrogen-bond donors (Lipinski definition) is 1. The topological polar surface area (TPSA) is 77.4 Å². The van der Waals surface area contributed by atoms with Gasteiger partial charge in [-0.15, -0.1) is 0 Å². The van der Waals surface area contributed by atoms with E-state index in [4.69, 9.17) is 14.6 Å². The van der Waals surface area contributed by atoms with E-state index >= 15 is 0 Å². The molecule has 0 aliphatic carbocycles. The summed E-state index contributed by atoms with van der Waals surface area (Å²) in [6, 6.07) is 5.16. The summed E-state index contributed by atoms with van der Waals surface area (Å²) >= 11 is 0. The van der Waals surface area contributed by atoms with E-state index in [1.807, 2.05) is 0 Å². The number of carbonyl (C=O) groups is 1. The number of rotatable bonds is 6. The highest BCUT2D eigenvalue weighted by atomic mass is 16.6. The van der Waals surface area contributed by atoms with Crippen LogP contribution < -0.4 is 9.47 Å². The Hall–Kier alpha value is -2.24. The Balaban J connectivity index is 2.73. The molecule has 0 spiro atoms. The number of benzene rings is 1. The highest BCUT2D eigenvalue weighted by Gasteiger charge is 2.02. The predicted molar refractivity (Wildman–Crippen MR) is 60.7 cm³/mol. The Morgan fingerprint density at radius 2 is 2.18 bits per heavy atom. The lowest BCUT2D eigenvalue weighted by Crippen LogP contribution is -2.03. The molecule has 0 heterocycles. The molecule has 0 aliphatic rings. The second kappa shape index (κ2) is 6.37. The van der Waals surface area contributed by atoms with Crippen molar-refractivity contribution in [2.75, 3.05) is 20.8 Å². The largest absolute Gasteiger partial charge is 0.497 e. The third kappa shape index (κ3) is 4.02. The minimum absolute atomic E-state index is 0.477. The number of carboxylic acid groups (broad SMARTS) is 1. The summed E-state index contributed by atoms with van der Waals surface area (Å²) in [4.78, 5) is 14.7. The molecular weight excluding hydrogens is 226 g/mol. The second-order valence-electron chi connectivity index (χ2n) is 3.01. The first kappa shape index (κ1) is 12.8. The van der Waals surface area contributed by atoms with Crippen molar-refractivity contribution in [1.29, 1.82) is 0 Å². The summed E-state index contributed by atoms with van der Waals surface area (Å²) in [5, 5.41) is 11.9. The van der Waals surface area contributed by atoms with Crippen molar-refractivity contribution in [3.8, 4) is 11.5 Å². The fourth-order valence-electron chi connectivity index (χ4n) is 1.11. The average Bonchev–Trinajstić information content (AvgIpc) is 2.34. The molecule has 17 heavy (non-hydrogen) atoms. The number of oxime groups is 1. The van der Waals surface area contributed by atoms with Gasteiger partial charge in [-0.05, 0) is 12.1 Å². The molecule has 0 unspecified atom stereocenters. The Labute approximate surface area is 98.4 Å². The Morgan fingerprint density at radius 1 is 1.41 bits per heavy atom. The fourth-order valence-corrected chi connectivity index (χ4v) is 1.11. The zero-order valence-electron chi connectivity index (χ0n) is 9.54. The molecule has 0 atom stereocenters. The summed E-state index contributed by atoms with van der Waals surface area (Å²) in [6.07, 6.45) is 1.38. The van der Waals surface area contributed by atoms with Crippen LogP contribution in [0.25, 0.3) is 0 Å². The van der Waals surface area contributed by atoms with Gasteiger partial charge in [0.15, 0.2) is 0 Å². The summed E-state index contributed by atoms with van der Waals surface area (Å²) < 4.78 is 10.2. The molecule has 6 heteroatoms. The van der Waals surface area contributed by atoms with Gasteiger partial charge in [-0.1, -0.05) is 5.16 Å². The molecule has 0 aliphatic heterocycles. The smallest absolute Gasteiger partial charge is 0.344 e. The van der Waals surface area contributed by atoms with Crippen molar-refractivity contribution in [2.45, 2.75) is 0 Å². The van der Waals surface area contributed by atoms with Crippen molar-refractivity contribution in [3.05, 3.63) is 23.8 Å². The fraction of sp³-hybridized carbons (Fsp3) is 0.273. The number of hydrogen-bond acceptors (Lipinski definition) is 5. The summed E-state index contributed by atoms with van der Waals surface area (Å²) in [5.41, 5.74) is 0.665. The van der Waals surface area contributed by atoms with Crippen molar-refractivity contribution in [3.63, 3.8) is 0 Å². The molecule has 0 bridgehead atoms. The second-order valence-corrected chi connectivity index (χ2v) is 3.01. The molecule has 0 saturated carbocycles. The van der Waals surface area contributed by atoms with E-state index < -0.39 is 12.6 Å². The SMILES string of the molecule is COc1ccc(/C=N\OCC(=O)O)c(OC)c1. The zero-order valence-corrected chi connectivity index (χ0v) is 9.54. The molecule has 0 aromatic heterocycles. The van der Waals surface area contributed by atoms with Gasteiger partial charge in [-0.25, -0.2) is 4.79 Å². The van der Waals surface area contributed by atoms with Crippen LogP contribution >= 0.6 is 0 Å². The summed E-state index contributed by atoms with van der Waals surface area (Å²) in [6.45, 7) is -0.477. The van der Waals surface area contributed by atoms with E-state index in [9.17, 15) is 4.79 Å². The van der Waals surface area contributed by atoms with Gasteiger partial charge in [0.05, 0.1) is 20.4 Å². The maximum Gasteiger partial charge on any atom is 0.344 e. The van der Waals surface area contributed by atoms with Crippen LogP contribution in [0.15, 0.2) is 23.4 Å². The van der Waals surface area contributed by atoms with Gasteiger partial charge in [0, 0.05) is 11.6 Å². The maximum atomic E-state index is 10.2. The Morgan fingerprint density at radius 3 is 2.76 bits per heavy atom. The van der Waals surface area contributed by atoms with E-state index in [0.717, 1.165) is 0 Å². The standard InChI is InChI=1S/C11H13NO5/c1-15-9-4-3-8(10(5-9)16-2)6-12-17-7-11(13)14/h3-6H,7H2,1-2H3,(H,13,14)/b12-6-. The highest BCUT2D eigenvalue weighted by molar-refractivity contribution is 5.83. The molecule has 6 nitrogen and oxygen atoms in total. The van der Waals surface area contributed by atoms with Gasteiger partial charge >= 0.3 is 5.97 Å². The number of methoxy groups -OCH3 is 2. The first-order valence-electron chi connectivity index (χ1n) is 4.76. The van der Waals surface area contributed by atoms with Crippen molar-refractivity contribution >= 4 is 12.2 Å². The van der Waals surface area contributed by atoms with Crippen molar-refractivity contribution in [2.24, 2.45) is 5.16 Å². The van der Waals surface area contributed by atoms with E-state index in [1.165, 1.54) is 13.3 Å². The van der Waals surface area contributed by atoms with Crippen molar-refractivity contribution < 1.29 is 24.2 Å². The van der Waals surface area contributed by atoms with E-state index in [-0.39, 0.29) is 0 Å². The molecule has 1 aromatic rings. The molecular formula is C11H13NO5. The van der Waals surface area contributed by atoms with E-state index in [0.29, 0.717) is 17.1 Å². The third-order valence-electron chi connectivity index (χ3n) is 1.89. The van der Waals surface area contributed by atoms with Gasteiger partial charge < -0.3 is 19.4 Å². The Bertz CT molecular complexity index is 416. The zero-order chi connectivity index (χ0) is 12.7. The Kier molecular flexibility index (Phi) is 4.80. The van der Waals surface area contributed by atoms with Crippen molar-refractivity contribution in [1.82, 2.24) is 0 Å². The van der Waals surface area contributed by atoms with Crippen LogP contribution in [0.1, 0.15) is 5.56 Å². The number of ether oxygens (including phenoxy) is 2. The van der Waals surface area contributed by atoms with Crippen LogP contribution in [-0.2, 0) is 9.63 Å². The van der Waals surface area contributed by atoms with Gasteiger partial charge in [0.25, 0.3) is 0 Å². The normalized spacial score (nSPS) is 10.2. The molecule has 0 saturated heterocycles. The van der Waals surface area contributed by atoms with E-state index in [1.54, 1.807) is 25.3 Å². The molecule has 92 valence electrons. The first-order valence-corrected chi connectivity index (χ1v) is 4.76. The molecule has 1 rings (SSSR count). The maximum absolute atomic E-state index is 10.2. The lowest BCUT2D eigenvalue weighted by molar-refractivity contribution is -0.142. The van der Waals surface area contributed by atoms with Gasteiger partial charge in [-0.2, -0.15) is 0 Å². The average molecular weight is 239 g/mol. The van der Waals surface area contributed by atoms with Gasteiger partial charge in [0.1, 0.15) is 11.5 Å². The third-order valence-corrected chi connectivity index (χ3v) is 1.89. The monoisotopic (exact) mass is 239 g/mol. The number of aliphatic carboxylic acids is 1. The molecule has 1 aromatic carbocycles. The minimum Gasteiger partial charge on any atom is -0.497 e. The molecule has 0 fully saturated rings. The van der Waals surface area contributed by atoms with Crippen LogP contribution in [0.3, 0.4) is 0 Å². The number of carboxylic acids is 1. The van der Waals surface area contributed by atoms with E-state index in [2.05, 4.69) is 9.99 Å². The highest BCUT2D eigenvalue weighted by Crippen LogP contribution is 2.22. The van der Waals surface area contributed by atoms with Crippen LogP contribution in [0.4, 0.5) is 0 Å². The lowest BCUT2D eigenvalue weighted by atomic mass is 10.2. The predicted octanol–water partition coefficient (Wildman–Crippen LogP) is 1.14. The first-order chi connectivity index (χ1) is 8.17. The molecule has 0 radical (unpaired) electrons. The van der Waals surface area contributed by atoms with Gasteiger partial charge in [0.2, 0.25) is 6.61 Å². The van der Waals surface area contributed by atoms with Crippen LogP contribution in [0.2, 0.25) is 0 Å². The summed E-state index contributed by atoms with van der Waals surface area (Å²) in [5.74, 6) is 0.140. The quantitative estimate of drug-likeness (QED) is 0.595. The summed E-state index contributed by atoms with van der Waals surface area (Å²) in [7, 11) is 3.07. The van der Waals surface area contributed by atoms with Crippen LogP contribution in [0.5, 0.6) is 11.5 Å².